The van der Waals surface area contributed by atoms with Gasteiger partial charge in [-0.2, -0.15) is 0 Å². The first-order valence-electron chi connectivity index (χ1n) is 7.00. The zero-order chi connectivity index (χ0) is 15.1. The second kappa shape index (κ2) is 7.55. The number of methoxy groups -OCH3 is 2. The van der Waals surface area contributed by atoms with Gasteiger partial charge in [0.05, 0.1) is 20.8 Å². The van der Waals surface area contributed by atoms with Gasteiger partial charge in [-0.15, -0.1) is 0 Å². The fourth-order valence-corrected chi connectivity index (χ4v) is 2.21. The first kappa shape index (κ1) is 15.2. The molecule has 0 spiro atoms. The van der Waals surface area contributed by atoms with Crippen molar-refractivity contribution in [3.63, 3.8) is 0 Å². The molecular weight excluding hydrogens is 266 g/mol. The Morgan fingerprint density at radius 3 is 2.29 bits per heavy atom. The van der Waals surface area contributed by atoms with E-state index in [4.69, 9.17) is 14.2 Å². The van der Waals surface area contributed by atoms with E-state index in [2.05, 4.69) is 5.73 Å². The van der Waals surface area contributed by atoms with E-state index in [1.165, 1.54) is 0 Å². The second-order valence-corrected chi connectivity index (χ2v) is 4.67. The Hall–Kier alpha value is -2.20. The van der Waals surface area contributed by atoms with Gasteiger partial charge in [0.15, 0.2) is 11.5 Å². The minimum absolute atomic E-state index is 0.495. The number of benzene rings is 2. The van der Waals surface area contributed by atoms with Crippen LogP contribution in [0.4, 0.5) is 0 Å². The van der Waals surface area contributed by atoms with E-state index < -0.39 is 0 Å². The Balaban J connectivity index is 2.29. The SMILES string of the molecule is COc1ccc(CC[NH3+])c(OCc2ccccc2)c1OC. The molecule has 0 aliphatic heterocycles. The van der Waals surface area contributed by atoms with E-state index >= 15 is 0 Å². The van der Waals surface area contributed by atoms with Crippen LogP contribution in [0.2, 0.25) is 0 Å². The molecule has 0 fully saturated rings. The minimum atomic E-state index is 0.495. The first-order chi connectivity index (χ1) is 10.3. The molecule has 21 heavy (non-hydrogen) atoms. The Morgan fingerprint density at radius 1 is 0.905 bits per heavy atom. The number of rotatable bonds is 7. The minimum Gasteiger partial charge on any atom is -0.493 e. The number of hydrogen-bond donors (Lipinski definition) is 1. The summed E-state index contributed by atoms with van der Waals surface area (Å²) in [6, 6.07) is 14.0. The van der Waals surface area contributed by atoms with Gasteiger partial charge in [-0.1, -0.05) is 36.4 Å². The summed E-state index contributed by atoms with van der Waals surface area (Å²) in [6.07, 6.45) is 0.838. The van der Waals surface area contributed by atoms with E-state index in [-0.39, 0.29) is 0 Å². The van der Waals surface area contributed by atoms with Crippen molar-refractivity contribution in [1.29, 1.82) is 0 Å². The third-order valence-electron chi connectivity index (χ3n) is 3.25. The normalized spacial score (nSPS) is 10.2. The van der Waals surface area contributed by atoms with Crippen LogP contribution >= 0.6 is 0 Å². The lowest BCUT2D eigenvalue weighted by Gasteiger charge is -2.17. The molecule has 0 radical (unpaired) electrons. The van der Waals surface area contributed by atoms with E-state index in [1.54, 1.807) is 14.2 Å². The van der Waals surface area contributed by atoms with E-state index in [1.807, 2.05) is 42.5 Å². The average Bonchev–Trinajstić information content (AvgIpc) is 2.54. The standard InChI is InChI=1S/C17H21NO3/c1-19-15-9-8-14(10-11-18)16(17(15)20-2)21-12-13-6-4-3-5-7-13/h3-9H,10-12,18H2,1-2H3/p+1. The fourth-order valence-electron chi connectivity index (χ4n) is 2.21. The molecular formula is C17H22NO3+. The summed E-state index contributed by atoms with van der Waals surface area (Å²) >= 11 is 0. The van der Waals surface area contributed by atoms with E-state index in [9.17, 15) is 0 Å². The highest BCUT2D eigenvalue weighted by Gasteiger charge is 2.16. The van der Waals surface area contributed by atoms with E-state index in [0.29, 0.717) is 18.1 Å². The van der Waals surface area contributed by atoms with Crippen molar-refractivity contribution in [3.05, 3.63) is 53.6 Å². The monoisotopic (exact) mass is 288 g/mol. The maximum Gasteiger partial charge on any atom is 0.203 e. The van der Waals surface area contributed by atoms with Crippen LogP contribution in [0, 0.1) is 0 Å². The highest BCUT2D eigenvalue weighted by Crippen LogP contribution is 2.40. The third kappa shape index (κ3) is 3.67. The Kier molecular flexibility index (Phi) is 5.46. The van der Waals surface area contributed by atoms with Gasteiger partial charge >= 0.3 is 0 Å². The number of quaternary nitrogens is 1. The van der Waals surface area contributed by atoms with Gasteiger partial charge in [0, 0.05) is 12.0 Å². The predicted molar refractivity (Wildman–Crippen MR) is 81.8 cm³/mol. The predicted octanol–water partition coefficient (Wildman–Crippen LogP) is 2.07. The molecule has 0 saturated carbocycles. The van der Waals surface area contributed by atoms with Gasteiger partial charge in [0.1, 0.15) is 6.61 Å². The lowest BCUT2D eigenvalue weighted by molar-refractivity contribution is -0.366. The maximum atomic E-state index is 6.01. The summed E-state index contributed by atoms with van der Waals surface area (Å²) in [5.74, 6) is 2.05. The topological polar surface area (TPSA) is 55.3 Å². The summed E-state index contributed by atoms with van der Waals surface area (Å²) in [6.45, 7) is 1.30. The molecule has 0 saturated heterocycles. The van der Waals surface area contributed by atoms with Crippen LogP contribution in [0.1, 0.15) is 11.1 Å². The summed E-state index contributed by atoms with van der Waals surface area (Å²) in [4.78, 5) is 0. The molecule has 4 heteroatoms. The molecule has 0 bridgehead atoms. The van der Waals surface area contributed by atoms with Crippen molar-refractivity contribution in [2.75, 3.05) is 20.8 Å². The number of hydrogen-bond acceptors (Lipinski definition) is 3. The zero-order valence-electron chi connectivity index (χ0n) is 12.6. The molecule has 0 aliphatic rings. The summed E-state index contributed by atoms with van der Waals surface area (Å²) < 4.78 is 16.8. The van der Waals surface area contributed by atoms with Crippen molar-refractivity contribution in [2.24, 2.45) is 0 Å². The Bertz CT molecular complexity index is 570. The molecule has 2 aromatic carbocycles. The lowest BCUT2D eigenvalue weighted by atomic mass is 10.1. The quantitative estimate of drug-likeness (QED) is 0.848. The van der Waals surface area contributed by atoms with Crippen LogP contribution in [0.5, 0.6) is 17.2 Å². The molecule has 0 aromatic heterocycles. The third-order valence-corrected chi connectivity index (χ3v) is 3.25. The molecule has 0 heterocycles. The summed E-state index contributed by atoms with van der Waals surface area (Å²) in [5.41, 5.74) is 6.11. The first-order valence-corrected chi connectivity index (χ1v) is 7.00. The van der Waals surface area contributed by atoms with Crippen molar-refractivity contribution < 1.29 is 19.9 Å². The molecule has 2 rings (SSSR count). The second-order valence-electron chi connectivity index (χ2n) is 4.67. The van der Waals surface area contributed by atoms with Crippen molar-refractivity contribution in [3.8, 4) is 17.2 Å². The van der Waals surface area contributed by atoms with Gasteiger partial charge in [0.2, 0.25) is 5.75 Å². The van der Waals surface area contributed by atoms with Crippen molar-refractivity contribution >= 4 is 0 Å². The molecule has 0 amide bonds. The van der Waals surface area contributed by atoms with Gasteiger partial charge in [-0.05, 0) is 11.6 Å². The van der Waals surface area contributed by atoms with Crippen molar-refractivity contribution in [2.45, 2.75) is 13.0 Å². The highest BCUT2D eigenvalue weighted by molar-refractivity contribution is 5.55. The van der Waals surface area contributed by atoms with Gasteiger partial charge in [-0.3, -0.25) is 0 Å². The average molecular weight is 288 g/mol. The molecule has 4 nitrogen and oxygen atoms in total. The maximum absolute atomic E-state index is 6.01. The van der Waals surface area contributed by atoms with Crippen LogP contribution in [0.3, 0.4) is 0 Å². The zero-order valence-corrected chi connectivity index (χ0v) is 12.6. The molecule has 3 N–H and O–H groups in total. The van der Waals surface area contributed by atoms with Crippen LogP contribution in [-0.2, 0) is 13.0 Å². The molecule has 112 valence electrons. The van der Waals surface area contributed by atoms with Gasteiger partial charge in [-0.25, -0.2) is 0 Å². The molecule has 0 unspecified atom stereocenters. The Morgan fingerprint density at radius 2 is 1.67 bits per heavy atom. The van der Waals surface area contributed by atoms with Crippen LogP contribution in [0.25, 0.3) is 0 Å². The lowest BCUT2D eigenvalue weighted by Crippen LogP contribution is -2.51. The largest absolute Gasteiger partial charge is 0.493 e. The fraction of sp³-hybridized carbons (Fsp3) is 0.294. The molecule has 2 aromatic rings. The van der Waals surface area contributed by atoms with Gasteiger partial charge < -0.3 is 19.9 Å². The highest BCUT2D eigenvalue weighted by atomic mass is 16.5. The van der Waals surface area contributed by atoms with Crippen LogP contribution in [0.15, 0.2) is 42.5 Å². The van der Waals surface area contributed by atoms with Gasteiger partial charge in [0.25, 0.3) is 0 Å². The summed E-state index contributed by atoms with van der Waals surface area (Å²) in [5, 5.41) is 0. The Labute approximate surface area is 125 Å². The summed E-state index contributed by atoms with van der Waals surface area (Å²) in [7, 11) is 3.25. The number of ether oxygens (including phenoxy) is 3. The molecule has 0 atom stereocenters. The smallest absolute Gasteiger partial charge is 0.203 e. The van der Waals surface area contributed by atoms with Crippen molar-refractivity contribution in [1.82, 2.24) is 0 Å². The van der Waals surface area contributed by atoms with Crippen LogP contribution < -0.4 is 19.9 Å². The van der Waals surface area contributed by atoms with Crippen LogP contribution in [-0.4, -0.2) is 20.8 Å². The van der Waals surface area contributed by atoms with E-state index in [0.717, 1.165) is 29.8 Å². The molecule has 0 aliphatic carbocycles.